The summed E-state index contributed by atoms with van der Waals surface area (Å²) in [6.45, 7) is 6.76. The van der Waals surface area contributed by atoms with Crippen LogP contribution in [0.2, 0.25) is 0 Å². The molecule has 0 N–H and O–H groups in total. The number of nitrogens with zero attached hydrogens (tertiary/aromatic N) is 3. The summed E-state index contributed by atoms with van der Waals surface area (Å²) in [6.07, 6.45) is 1.54. The first-order valence-corrected chi connectivity index (χ1v) is 11.8. The molecule has 170 valence electrons. The third-order valence-electron chi connectivity index (χ3n) is 6.46. The van der Waals surface area contributed by atoms with Gasteiger partial charge in [0.2, 0.25) is 0 Å². The highest BCUT2D eigenvalue weighted by molar-refractivity contribution is 5.98. The van der Waals surface area contributed by atoms with Gasteiger partial charge in [0.1, 0.15) is 0 Å². The van der Waals surface area contributed by atoms with Crippen LogP contribution >= 0.6 is 0 Å². The smallest absolute Gasteiger partial charge is 0.0814 e. The minimum atomic E-state index is 0.333. The van der Waals surface area contributed by atoms with E-state index in [1.165, 1.54) is 39.1 Å². The summed E-state index contributed by atoms with van der Waals surface area (Å²) in [5, 5.41) is 3.10. The van der Waals surface area contributed by atoms with Crippen LogP contribution in [0.15, 0.2) is 84.0 Å². The molecule has 3 aromatic rings. The standard InChI is InChI=1S/C29H33N3O/c1-23-10-12-25(13-11-23)29(28(9-6-18-30-33)24-7-4-3-5-8-24)26-14-16-27(17-15-26)32-21-19-31(2)20-22-32/h3-5,7-8,10-17H,6,9,18-22H2,1-2H3/b29-28-. The molecule has 0 aliphatic carbocycles. The molecule has 0 amide bonds. The average molecular weight is 440 g/mol. The van der Waals surface area contributed by atoms with Gasteiger partial charge in [0.25, 0.3) is 0 Å². The molecular formula is C29H33N3O. The van der Waals surface area contributed by atoms with Crippen molar-refractivity contribution in [3.8, 4) is 0 Å². The van der Waals surface area contributed by atoms with Crippen LogP contribution < -0.4 is 4.90 Å². The van der Waals surface area contributed by atoms with E-state index in [0.717, 1.165) is 39.0 Å². The Morgan fingerprint density at radius 2 is 1.39 bits per heavy atom. The van der Waals surface area contributed by atoms with Gasteiger partial charge in [0, 0.05) is 31.9 Å². The van der Waals surface area contributed by atoms with Crippen molar-refractivity contribution in [1.82, 2.24) is 4.90 Å². The van der Waals surface area contributed by atoms with Crippen molar-refractivity contribution in [3.05, 3.63) is 106 Å². The van der Waals surface area contributed by atoms with Crippen LogP contribution in [0.1, 0.15) is 35.1 Å². The zero-order valence-electron chi connectivity index (χ0n) is 19.7. The van der Waals surface area contributed by atoms with Gasteiger partial charge < -0.3 is 9.80 Å². The van der Waals surface area contributed by atoms with E-state index in [2.05, 4.69) is 102 Å². The number of rotatable bonds is 8. The molecule has 0 radical (unpaired) electrons. The average Bonchev–Trinajstić information content (AvgIpc) is 2.86. The van der Waals surface area contributed by atoms with E-state index in [9.17, 15) is 4.91 Å². The monoisotopic (exact) mass is 439 g/mol. The van der Waals surface area contributed by atoms with Crippen molar-refractivity contribution < 1.29 is 0 Å². The summed E-state index contributed by atoms with van der Waals surface area (Å²) in [7, 11) is 2.18. The number of likely N-dealkylation sites (N-methyl/N-ethyl adjacent to an activating group) is 1. The van der Waals surface area contributed by atoms with Crippen molar-refractivity contribution in [2.45, 2.75) is 19.8 Å². The van der Waals surface area contributed by atoms with Crippen molar-refractivity contribution in [1.29, 1.82) is 0 Å². The summed E-state index contributed by atoms with van der Waals surface area (Å²) < 4.78 is 0. The van der Waals surface area contributed by atoms with Gasteiger partial charge in [0.15, 0.2) is 0 Å². The van der Waals surface area contributed by atoms with Crippen LogP contribution in [0.3, 0.4) is 0 Å². The van der Waals surface area contributed by atoms with E-state index in [1.54, 1.807) is 0 Å². The van der Waals surface area contributed by atoms with E-state index in [0.29, 0.717) is 6.54 Å². The van der Waals surface area contributed by atoms with E-state index in [-0.39, 0.29) is 0 Å². The van der Waals surface area contributed by atoms with Gasteiger partial charge in [-0.15, -0.1) is 0 Å². The van der Waals surface area contributed by atoms with Crippen molar-refractivity contribution in [2.24, 2.45) is 5.18 Å². The fourth-order valence-electron chi connectivity index (χ4n) is 4.51. The van der Waals surface area contributed by atoms with Crippen LogP contribution in [0.5, 0.6) is 0 Å². The second-order valence-electron chi connectivity index (χ2n) is 8.88. The lowest BCUT2D eigenvalue weighted by atomic mass is 9.87. The molecule has 0 aromatic heterocycles. The van der Waals surface area contributed by atoms with Crippen LogP contribution in [0, 0.1) is 11.8 Å². The Labute approximate surface area is 197 Å². The Morgan fingerprint density at radius 3 is 2.00 bits per heavy atom. The lowest BCUT2D eigenvalue weighted by Gasteiger charge is -2.34. The molecule has 0 bridgehead atoms. The summed E-state index contributed by atoms with van der Waals surface area (Å²) in [6, 6.07) is 28.3. The molecule has 1 heterocycles. The van der Waals surface area contributed by atoms with Crippen molar-refractivity contribution >= 4 is 16.8 Å². The van der Waals surface area contributed by atoms with Crippen LogP contribution in [-0.4, -0.2) is 44.7 Å². The molecule has 0 atom stereocenters. The molecule has 3 aromatic carbocycles. The first-order chi connectivity index (χ1) is 16.2. The number of hydrogen-bond donors (Lipinski definition) is 0. The second-order valence-corrected chi connectivity index (χ2v) is 8.88. The molecule has 1 aliphatic rings. The zero-order chi connectivity index (χ0) is 23.0. The minimum Gasteiger partial charge on any atom is -0.369 e. The number of hydrogen-bond acceptors (Lipinski definition) is 4. The molecule has 0 unspecified atom stereocenters. The summed E-state index contributed by atoms with van der Waals surface area (Å²) in [4.78, 5) is 15.6. The Kier molecular flexibility index (Phi) is 7.69. The van der Waals surface area contributed by atoms with Gasteiger partial charge in [-0.2, -0.15) is 4.91 Å². The Hall–Kier alpha value is -3.24. The lowest BCUT2D eigenvalue weighted by Crippen LogP contribution is -2.44. The van der Waals surface area contributed by atoms with Crippen molar-refractivity contribution in [2.75, 3.05) is 44.7 Å². The highest BCUT2D eigenvalue weighted by atomic mass is 16.3. The van der Waals surface area contributed by atoms with Crippen LogP contribution in [0.4, 0.5) is 5.69 Å². The molecule has 4 heteroatoms. The molecule has 1 aliphatic heterocycles. The topological polar surface area (TPSA) is 35.9 Å². The maximum atomic E-state index is 10.8. The maximum absolute atomic E-state index is 10.8. The van der Waals surface area contributed by atoms with Gasteiger partial charge >= 0.3 is 0 Å². The molecule has 33 heavy (non-hydrogen) atoms. The summed E-state index contributed by atoms with van der Waals surface area (Å²) >= 11 is 0. The van der Waals surface area contributed by atoms with Gasteiger partial charge in [-0.3, -0.25) is 0 Å². The SMILES string of the molecule is Cc1ccc(/C(=C(\CCCN=O)c2ccccc2)c2ccc(N3CCN(C)CC3)cc2)cc1. The minimum absolute atomic E-state index is 0.333. The van der Waals surface area contributed by atoms with Crippen LogP contribution in [0.25, 0.3) is 11.1 Å². The number of benzene rings is 3. The van der Waals surface area contributed by atoms with E-state index in [1.807, 2.05) is 6.07 Å². The number of aryl methyl sites for hydroxylation is 1. The third-order valence-corrected chi connectivity index (χ3v) is 6.46. The van der Waals surface area contributed by atoms with E-state index >= 15 is 0 Å². The second kappa shape index (κ2) is 11.1. The maximum Gasteiger partial charge on any atom is 0.0814 e. The van der Waals surface area contributed by atoms with Gasteiger partial charge in [-0.05, 0) is 66.8 Å². The van der Waals surface area contributed by atoms with Crippen LogP contribution in [-0.2, 0) is 0 Å². The highest BCUT2D eigenvalue weighted by Crippen LogP contribution is 2.36. The largest absolute Gasteiger partial charge is 0.369 e. The molecular weight excluding hydrogens is 406 g/mol. The zero-order valence-corrected chi connectivity index (χ0v) is 19.7. The fraction of sp³-hybridized carbons (Fsp3) is 0.310. The molecule has 0 saturated carbocycles. The normalized spacial score (nSPS) is 15.3. The molecule has 1 fully saturated rings. The number of anilines is 1. The Morgan fingerprint density at radius 1 is 0.788 bits per heavy atom. The molecule has 4 nitrogen and oxygen atoms in total. The number of piperazine rings is 1. The predicted octanol–water partition coefficient (Wildman–Crippen LogP) is 6.25. The van der Waals surface area contributed by atoms with E-state index < -0.39 is 0 Å². The lowest BCUT2D eigenvalue weighted by molar-refractivity contribution is 0.313. The third kappa shape index (κ3) is 5.77. The molecule has 0 spiro atoms. The van der Waals surface area contributed by atoms with Gasteiger partial charge in [-0.1, -0.05) is 77.5 Å². The summed E-state index contributed by atoms with van der Waals surface area (Å²) in [5.41, 5.74) is 8.62. The van der Waals surface area contributed by atoms with Gasteiger partial charge in [-0.25, -0.2) is 0 Å². The Bertz CT molecular complexity index is 1060. The number of allylic oxidation sites excluding steroid dienone is 1. The first kappa shape index (κ1) is 22.9. The van der Waals surface area contributed by atoms with E-state index in [4.69, 9.17) is 0 Å². The number of nitroso groups, excluding NO2 is 1. The highest BCUT2D eigenvalue weighted by Gasteiger charge is 2.17. The summed E-state index contributed by atoms with van der Waals surface area (Å²) in [5.74, 6) is 0. The quantitative estimate of drug-likeness (QED) is 0.236. The van der Waals surface area contributed by atoms with Crippen molar-refractivity contribution in [3.63, 3.8) is 0 Å². The van der Waals surface area contributed by atoms with Gasteiger partial charge in [0.05, 0.1) is 6.54 Å². The first-order valence-electron chi connectivity index (χ1n) is 11.8. The fourth-order valence-corrected chi connectivity index (χ4v) is 4.51. The molecule has 4 rings (SSSR count). The predicted molar refractivity (Wildman–Crippen MR) is 140 cm³/mol. The molecule has 1 saturated heterocycles. The Balaban J connectivity index is 1.78.